The molecule has 0 aliphatic rings. The fourth-order valence-electron chi connectivity index (χ4n) is 5.13. The first-order valence-corrected chi connectivity index (χ1v) is 17.2. The van der Waals surface area contributed by atoms with Crippen LogP contribution in [0.1, 0.15) is 44.6 Å². The van der Waals surface area contributed by atoms with Crippen molar-refractivity contribution in [3.63, 3.8) is 0 Å². The molecule has 0 heterocycles. The summed E-state index contributed by atoms with van der Waals surface area (Å²) in [5.41, 5.74) is 15.2. The van der Waals surface area contributed by atoms with Gasteiger partial charge in [-0.05, 0) is 147 Å². The number of azo groups is 2. The topological polar surface area (TPSA) is 168 Å². The number of rotatable bonds is 11. The molecule has 0 unspecified atom stereocenters. The first-order valence-electron chi connectivity index (χ1n) is 15.6. The van der Waals surface area contributed by atoms with Crippen LogP contribution in [0.2, 0.25) is 0 Å². The monoisotopic (exact) mass is 678 g/mol. The van der Waals surface area contributed by atoms with Crippen molar-refractivity contribution in [1.82, 2.24) is 0 Å². The minimum absolute atomic E-state index is 0.135. The van der Waals surface area contributed by atoms with Crippen LogP contribution in [0.3, 0.4) is 0 Å². The highest BCUT2D eigenvalue weighted by molar-refractivity contribution is 7.85. The van der Waals surface area contributed by atoms with Crippen LogP contribution in [0.15, 0.2) is 99.3 Å². The van der Waals surface area contributed by atoms with Crippen LogP contribution in [-0.4, -0.2) is 31.2 Å². The highest BCUT2D eigenvalue weighted by atomic mass is 32.2. The van der Waals surface area contributed by atoms with E-state index >= 15 is 0 Å². The first kappa shape index (κ1) is 34.9. The van der Waals surface area contributed by atoms with Crippen molar-refractivity contribution in [2.45, 2.75) is 41.0 Å². The van der Waals surface area contributed by atoms with Gasteiger partial charge in [0.2, 0.25) is 0 Å². The molecule has 0 fully saturated rings. The maximum Gasteiger partial charge on any atom is 0.264 e. The van der Waals surface area contributed by atoms with E-state index < -0.39 is 10.1 Å². The number of aryl methyl sites for hydroxylation is 5. The van der Waals surface area contributed by atoms with Gasteiger partial charge in [0.1, 0.15) is 5.75 Å². The summed E-state index contributed by atoms with van der Waals surface area (Å²) in [7, 11) is -4.04. The van der Waals surface area contributed by atoms with Gasteiger partial charge in [-0.15, -0.1) is 0 Å². The molecular formula is C37H38N6O5S. The van der Waals surface area contributed by atoms with Gasteiger partial charge in [0, 0.05) is 22.3 Å². The minimum atomic E-state index is -4.04. The van der Waals surface area contributed by atoms with Gasteiger partial charge < -0.3 is 15.8 Å². The summed E-state index contributed by atoms with van der Waals surface area (Å²) in [5, 5.41) is 22.3. The number of nitrogens with zero attached hydrogens (tertiary/aromatic N) is 4. The second-order valence-electron chi connectivity index (χ2n) is 12.0. The SMILES string of the molecule is Cc1cc(OCCCS(=O)(=O)O)c2ccc(NC(=O)c3ccc(N=Nc4cc(C)c(N=Nc5cc(C)c(N)cc5C)cc4C)cc3)cc2c1. The molecule has 0 aliphatic heterocycles. The van der Waals surface area contributed by atoms with Crippen molar-refractivity contribution >= 4 is 60.9 Å². The van der Waals surface area contributed by atoms with E-state index in [0.717, 1.165) is 55.7 Å². The number of nitrogen functional groups attached to an aromatic ring is 1. The zero-order valence-corrected chi connectivity index (χ0v) is 28.8. The summed E-state index contributed by atoms with van der Waals surface area (Å²) in [4.78, 5) is 13.1. The van der Waals surface area contributed by atoms with Crippen molar-refractivity contribution in [1.29, 1.82) is 0 Å². The molecule has 5 aromatic carbocycles. The van der Waals surface area contributed by atoms with Gasteiger partial charge in [-0.2, -0.15) is 28.9 Å². The fraction of sp³-hybridized carbons (Fsp3) is 0.216. The van der Waals surface area contributed by atoms with E-state index in [4.69, 9.17) is 15.0 Å². The third-order valence-electron chi connectivity index (χ3n) is 7.89. The molecular weight excluding hydrogens is 641 g/mol. The Balaban J connectivity index is 1.23. The second-order valence-corrected chi connectivity index (χ2v) is 13.6. The Bertz CT molecular complexity index is 2210. The smallest absolute Gasteiger partial charge is 0.264 e. The molecule has 5 rings (SSSR count). The molecule has 0 aliphatic carbocycles. The number of amides is 1. The Morgan fingerprint density at radius 1 is 0.755 bits per heavy atom. The maximum absolute atomic E-state index is 13.1. The average molecular weight is 679 g/mol. The summed E-state index contributed by atoms with van der Waals surface area (Å²) in [5.74, 6) is -0.0537. The number of nitrogens with two attached hydrogens (primary N) is 1. The largest absolute Gasteiger partial charge is 0.493 e. The number of carbonyl (C=O) groups is 1. The predicted molar refractivity (Wildman–Crippen MR) is 194 cm³/mol. The molecule has 0 aromatic heterocycles. The van der Waals surface area contributed by atoms with Gasteiger partial charge in [-0.3, -0.25) is 9.35 Å². The standard InChI is InChI=1S/C37H38N6O5S/c1-22-15-28-21-30(11-12-31(28)36(16-22)48-13-6-14-49(45,46)47)39-37(44)27-7-9-29(10-8-27)40-41-34-19-26(5)35(20-25(34)4)43-42-33-18-23(2)32(38)17-24(33)3/h7-12,15-21H,6,13-14,38H2,1-5H3,(H,39,44)(H,45,46,47). The van der Waals surface area contributed by atoms with E-state index in [1.54, 1.807) is 30.3 Å². The van der Waals surface area contributed by atoms with E-state index in [9.17, 15) is 13.2 Å². The lowest BCUT2D eigenvalue weighted by molar-refractivity contribution is 0.102. The number of carbonyl (C=O) groups excluding carboxylic acids is 1. The second kappa shape index (κ2) is 14.8. The molecule has 5 aromatic rings. The Labute approximate surface area is 285 Å². The number of anilines is 2. The predicted octanol–water partition coefficient (Wildman–Crippen LogP) is 9.70. The molecule has 11 nitrogen and oxygen atoms in total. The average Bonchev–Trinajstić information content (AvgIpc) is 3.04. The number of hydrogen-bond donors (Lipinski definition) is 3. The zero-order chi connectivity index (χ0) is 35.3. The van der Waals surface area contributed by atoms with Gasteiger partial charge in [-0.25, -0.2) is 0 Å². The van der Waals surface area contributed by atoms with E-state index in [1.807, 2.05) is 83.1 Å². The van der Waals surface area contributed by atoms with Crippen molar-refractivity contribution in [3.8, 4) is 5.75 Å². The highest BCUT2D eigenvalue weighted by Crippen LogP contribution is 2.33. The van der Waals surface area contributed by atoms with Crippen LogP contribution in [0.25, 0.3) is 10.8 Å². The molecule has 0 saturated carbocycles. The molecule has 49 heavy (non-hydrogen) atoms. The van der Waals surface area contributed by atoms with Crippen molar-refractivity contribution < 1.29 is 22.5 Å². The fourth-order valence-corrected chi connectivity index (χ4v) is 5.62. The van der Waals surface area contributed by atoms with Crippen LogP contribution >= 0.6 is 0 Å². The van der Waals surface area contributed by atoms with Gasteiger partial charge in [0.05, 0.1) is 35.1 Å². The van der Waals surface area contributed by atoms with Gasteiger partial charge >= 0.3 is 0 Å². The molecule has 0 saturated heterocycles. The lowest BCUT2D eigenvalue weighted by atomic mass is 10.1. The summed E-state index contributed by atoms with van der Waals surface area (Å²) in [6.07, 6.45) is 0.161. The van der Waals surface area contributed by atoms with Crippen molar-refractivity contribution in [3.05, 3.63) is 112 Å². The van der Waals surface area contributed by atoms with E-state index in [-0.39, 0.29) is 24.7 Å². The maximum atomic E-state index is 13.1. The number of ether oxygens (including phenoxy) is 1. The quantitative estimate of drug-likeness (QED) is 0.0544. The summed E-state index contributed by atoms with van der Waals surface area (Å²) < 4.78 is 36.7. The van der Waals surface area contributed by atoms with Crippen molar-refractivity contribution in [2.24, 2.45) is 20.5 Å². The number of nitrogens with one attached hydrogen (secondary N) is 1. The Morgan fingerprint density at radius 2 is 1.35 bits per heavy atom. The van der Waals surface area contributed by atoms with Crippen LogP contribution in [-0.2, 0) is 10.1 Å². The summed E-state index contributed by atoms with van der Waals surface area (Å²) in [6, 6.07) is 23.8. The summed E-state index contributed by atoms with van der Waals surface area (Å²) in [6.45, 7) is 9.84. The number of hydrogen-bond acceptors (Lipinski definition) is 9. The van der Waals surface area contributed by atoms with Gasteiger partial charge in [0.25, 0.3) is 16.0 Å². The third kappa shape index (κ3) is 9.12. The van der Waals surface area contributed by atoms with Crippen molar-refractivity contribution in [2.75, 3.05) is 23.4 Å². The van der Waals surface area contributed by atoms with E-state index in [0.29, 0.717) is 28.4 Å². The van der Waals surface area contributed by atoms with Gasteiger partial charge in [0.15, 0.2) is 0 Å². The number of benzene rings is 5. The molecule has 0 radical (unpaired) electrons. The Morgan fingerprint density at radius 3 is 1.98 bits per heavy atom. The minimum Gasteiger partial charge on any atom is -0.493 e. The molecule has 0 spiro atoms. The zero-order valence-electron chi connectivity index (χ0n) is 28.0. The Hall–Kier alpha value is -5.46. The van der Waals surface area contributed by atoms with Gasteiger partial charge in [-0.1, -0.05) is 6.07 Å². The van der Waals surface area contributed by atoms with Crippen LogP contribution in [0, 0.1) is 34.6 Å². The molecule has 0 atom stereocenters. The van der Waals surface area contributed by atoms with Crippen LogP contribution in [0.4, 0.5) is 34.1 Å². The first-order chi connectivity index (χ1) is 23.3. The normalized spacial score (nSPS) is 11.9. The molecule has 12 heteroatoms. The number of fused-ring (bicyclic) bond motifs is 1. The van der Waals surface area contributed by atoms with E-state index in [1.165, 1.54) is 0 Å². The third-order valence-corrected chi connectivity index (χ3v) is 8.69. The molecule has 4 N–H and O–H groups in total. The lowest BCUT2D eigenvalue weighted by Crippen LogP contribution is -2.11. The summed E-state index contributed by atoms with van der Waals surface area (Å²) >= 11 is 0. The Kier molecular flexibility index (Phi) is 10.5. The molecule has 252 valence electrons. The molecule has 1 amide bonds. The lowest BCUT2D eigenvalue weighted by Gasteiger charge is -2.12. The van der Waals surface area contributed by atoms with E-state index in [2.05, 4.69) is 25.8 Å². The molecule has 0 bridgehead atoms. The van der Waals surface area contributed by atoms with Crippen LogP contribution in [0.5, 0.6) is 5.75 Å². The van der Waals surface area contributed by atoms with Crippen LogP contribution < -0.4 is 15.8 Å². The highest BCUT2D eigenvalue weighted by Gasteiger charge is 2.11.